The number of carbonyl (C=O) groups is 1. The average molecular weight is 410 g/mol. The van der Waals surface area contributed by atoms with E-state index in [0.717, 1.165) is 24.1 Å². The van der Waals surface area contributed by atoms with Gasteiger partial charge in [0.1, 0.15) is 12.4 Å². The Bertz CT molecular complexity index is 938. The van der Waals surface area contributed by atoms with Crippen LogP contribution in [0.4, 0.5) is 0 Å². The summed E-state index contributed by atoms with van der Waals surface area (Å²) >= 11 is 0. The van der Waals surface area contributed by atoms with E-state index in [9.17, 15) is 4.79 Å². The molecule has 0 spiro atoms. The number of benzene rings is 2. The second-order valence-corrected chi connectivity index (χ2v) is 6.98. The summed E-state index contributed by atoms with van der Waals surface area (Å²) in [7, 11) is 4.61. The average Bonchev–Trinajstić information content (AvgIpc) is 2.79. The van der Waals surface area contributed by atoms with Gasteiger partial charge >= 0.3 is 5.97 Å². The number of hydrogen-bond acceptors (Lipinski definition) is 7. The van der Waals surface area contributed by atoms with Crippen molar-refractivity contribution in [2.45, 2.75) is 18.9 Å². The molecule has 0 amide bonds. The third kappa shape index (κ3) is 4.84. The first-order valence-corrected chi connectivity index (χ1v) is 9.78. The van der Waals surface area contributed by atoms with E-state index in [1.165, 1.54) is 7.11 Å². The maximum atomic E-state index is 12.1. The fourth-order valence-electron chi connectivity index (χ4n) is 3.76. The van der Waals surface area contributed by atoms with Gasteiger partial charge in [0, 0.05) is 19.1 Å². The normalized spacial score (nSPS) is 15.6. The van der Waals surface area contributed by atoms with Crippen molar-refractivity contribution in [3.8, 4) is 23.3 Å². The monoisotopic (exact) mass is 410 g/mol. The van der Waals surface area contributed by atoms with Crippen molar-refractivity contribution >= 4 is 5.97 Å². The molecule has 3 rings (SSSR count). The summed E-state index contributed by atoms with van der Waals surface area (Å²) in [6.07, 6.45) is 1.07. The van der Waals surface area contributed by atoms with Crippen LogP contribution in [0.3, 0.4) is 0 Å². The predicted octanol–water partition coefficient (Wildman–Crippen LogP) is 3.12. The minimum Gasteiger partial charge on any atom is -0.493 e. The molecule has 30 heavy (non-hydrogen) atoms. The van der Waals surface area contributed by atoms with Gasteiger partial charge in [-0.2, -0.15) is 5.26 Å². The minimum atomic E-state index is -0.268. The lowest BCUT2D eigenvalue weighted by Gasteiger charge is -2.37. The number of rotatable bonds is 8. The molecule has 1 aliphatic heterocycles. The number of carbonyl (C=O) groups excluding carboxylic acids is 1. The molecule has 0 fully saturated rings. The first-order chi connectivity index (χ1) is 14.6. The van der Waals surface area contributed by atoms with Gasteiger partial charge in [0.15, 0.2) is 11.5 Å². The van der Waals surface area contributed by atoms with Crippen molar-refractivity contribution in [2.75, 3.05) is 41.0 Å². The zero-order valence-corrected chi connectivity index (χ0v) is 17.5. The summed E-state index contributed by atoms with van der Waals surface area (Å²) in [6.45, 7) is 1.85. The lowest BCUT2D eigenvalue weighted by Crippen LogP contribution is -2.39. The summed E-state index contributed by atoms with van der Waals surface area (Å²) in [5.74, 6) is 1.71. The fourth-order valence-corrected chi connectivity index (χ4v) is 3.76. The Kier molecular flexibility index (Phi) is 7.15. The zero-order valence-electron chi connectivity index (χ0n) is 17.5. The highest BCUT2D eigenvalue weighted by atomic mass is 16.5. The molecule has 0 unspecified atom stereocenters. The van der Waals surface area contributed by atoms with Crippen LogP contribution in [0, 0.1) is 11.3 Å². The van der Waals surface area contributed by atoms with Gasteiger partial charge in [0.25, 0.3) is 0 Å². The number of methoxy groups -OCH3 is 3. The Labute approximate surface area is 176 Å². The molecular weight excluding hydrogens is 384 g/mol. The van der Waals surface area contributed by atoms with Crippen molar-refractivity contribution in [3.05, 3.63) is 53.1 Å². The van der Waals surface area contributed by atoms with Crippen molar-refractivity contribution < 1.29 is 23.7 Å². The van der Waals surface area contributed by atoms with Crippen LogP contribution in [0.5, 0.6) is 17.2 Å². The first kappa shape index (κ1) is 21.5. The van der Waals surface area contributed by atoms with E-state index in [1.54, 1.807) is 32.4 Å². The third-order valence-electron chi connectivity index (χ3n) is 5.31. The van der Waals surface area contributed by atoms with E-state index >= 15 is 0 Å². The van der Waals surface area contributed by atoms with Gasteiger partial charge < -0.3 is 18.9 Å². The Morgan fingerprint density at radius 2 is 1.93 bits per heavy atom. The molecule has 0 saturated heterocycles. The second-order valence-electron chi connectivity index (χ2n) is 6.98. The quantitative estimate of drug-likeness (QED) is 0.619. The van der Waals surface area contributed by atoms with E-state index in [2.05, 4.69) is 11.0 Å². The smallest absolute Gasteiger partial charge is 0.307 e. The van der Waals surface area contributed by atoms with Crippen LogP contribution in [0.2, 0.25) is 0 Å². The van der Waals surface area contributed by atoms with Gasteiger partial charge in [0.2, 0.25) is 0 Å². The van der Waals surface area contributed by atoms with Crippen molar-refractivity contribution in [1.82, 2.24) is 4.90 Å². The molecule has 0 radical (unpaired) electrons. The van der Waals surface area contributed by atoms with E-state index in [0.29, 0.717) is 36.0 Å². The zero-order chi connectivity index (χ0) is 21.5. The number of fused-ring (bicyclic) bond motifs is 1. The lowest BCUT2D eigenvalue weighted by molar-refractivity contribution is -0.142. The molecule has 1 aliphatic rings. The summed E-state index contributed by atoms with van der Waals surface area (Å²) in [5, 5.41) is 9.03. The molecule has 0 saturated carbocycles. The van der Waals surface area contributed by atoms with Gasteiger partial charge in [-0.15, -0.1) is 0 Å². The molecule has 158 valence electrons. The minimum absolute atomic E-state index is 0.143. The van der Waals surface area contributed by atoms with Crippen LogP contribution in [0.15, 0.2) is 36.4 Å². The molecule has 7 nitrogen and oxygen atoms in total. The van der Waals surface area contributed by atoms with Gasteiger partial charge in [-0.3, -0.25) is 9.69 Å². The first-order valence-electron chi connectivity index (χ1n) is 9.78. The molecule has 0 N–H and O–H groups in total. The Morgan fingerprint density at radius 1 is 1.17 bits per heavy atom. The van der Waals surface area contributed by atoms with E-state index in [-0.39, 0.29) is 18.4 Å². The topological polar surface area (TPSA) is 81.0 Å². The lowest BCUT2D eigenvalue weighted by atomic mass is 9.90. The van der Waals surface area contributed by atoms with Gasteiger partial charge in [-0.05, 0) is 47.9 Å². The SMILES string of the molecule is COC(=O)C[C@@H]1c2cc(OC)c(OC)cc2CCN1CCOc1cccc(C#N)c1. The summed E-state index contributed by atoms with van der Waals surface area (Å²) in [4.78, 5) is 14.3. The van der Waals surface area contributed by atoms with Gasteiger partial charge in [0.05, 0.1) is 39.4 Å². The highest BCUT2D eigenvalue weighted by molar-refractivity contribution is 5.70. The summed E-state index contributed by atoms with van der Waals surface area (Å²) < 4.78 is 21.7. The van der Waals surface area contributed by atoms with Crippen LogP contribution in [0.1, 0.15) is 29.2 Å². The Balaban J connectivity index is 1.78. The molecule has 2 aromatic rings. The number of hydrogen-bond donors (Lipinski definition) is 0. The van der Waals surface area contributed by atoms with E-state index in [1.807, 2.05) is 18.2 Å². The highest BCUT2D eigenvalue weighted by Crippen LogP contribution is 2.39. The molecule has 1 atom stereocenters. The number of ether oxygens (including phenoxy) is 4. The largest absolute Gasteiger partial charge is 0.493 e. The predicted molar refractivity (Wildman–Crippen MR) is 111 cm³/mol. The Hall–Kier alpha value is -3.24. The van der Waals surface area contributed by atoms with Gasteiger partial charge in [-0.25, -0.2) is 0 Å². The summed E-state index contributed by atoms with van der Waals surface area (Å²) in [5.41, 5.74) is 2.74. The molecule has 0 aliphatic carbocycles. The van der Waals surface area contributed by atoms with Crippen LogP contribution < -0.4 is 14.2 Å². The van der Waals surface area contributed by atoms with Crippen LogP contribution in [-0.2, 0) is 16.0 Å². The molecule has 0 bridgehead atoms. The maximum absolute atomic E-state index is 12.1. The molecule has 0 aromatic heterocycles. The van der Waals surface area contributed by atoms with Crippen molar-refractivity contribution in [2.24, 2.45) is 0 Å². The number of nitriles is 1. The van der Waals surface area contributed by atoms with Crippen molar-refractivity contribution in [1.29, 1.82) is 5.26 Å². The van der Waals surface area contributed by atoms with E-state index < -0.39 is 0 Å². The standard InChI is InChI=1S/C23H26N2O5/c1-27-21-12-17-7-8-25(9-10-30-18-6-4-5-16(11-18)15-24)20(14-23(26)29-3)19(17)13-22(21)28-2/h4-6,11-13,20H,7-10,14H2,1-3H3/t20-/m1/s1. The van der Waals surface area contributed by atoms with Gasteiger partial charge in [-0.1, -0.05) is 6.07 Å². The Morgan fingerprint density at radius 3 is 2.63 bits per heavy atom. The molecular formula is C23H26N2O5. The molecule has 7 heteroatoms. The van der Waals surface area contributed by atoms with Crippen LogP contribution in [0.25, 0.3) is 0 Å². The molecule has 2 aromatic carbocycles. The number of nitrogens with zero attached hydrogens (tertiary/aromatic N) is 2. The van der Waals surface area contributed by atoms with Crippen molar-refractivity contribution in [3.63, 3.8) is 0 Å². The molecule has 1 heterocycles. The third-order valence-corrected chi connectivity index (χ3v) is 5.31. The number of esters is 1. The van der Waals surface area contributed by atoms with Crippen LogP contribution >= 0.6 is 0 Å². The van der Waals surface area contributed by atoms with E-state index in [4.69, 9.17) is 24.2 Å². The second kappa shape index (κ2) is 9.99. The fraction of sp³-hybridized carbons (Fsp3) is 0.391. The maximum Gasteiger partial charge on any atom is 0.307 e. The summed E-state index contributed by atoms with van der Waals surface area (Å²) in [6, 6.07) is 13.0. The highest BCUT2D eigenvalue weighted by Gasteiger charge is 2.31. The van der Waals surface area contributed by atoms with Crippen LogP contribution in [-0.4, -0.2) is 51.9 Å².